The number of rotatable bonds is 6. The second-order valence-electron chi connectivity index (χ2n) is 6.79. The largest absolute Gasteiger partial charge is 0.573 e. The highest BCUT2D eigenvalue weighted by Gasteiger charge is 2.49. The summed E-state index contributed by atoms with van der Waals surface area (Å²) in [6, 6.07) is 6.99. The van der Waals surface area contributed by atoms with Gasteiger partial charge >= 0.3 is 12.4 Å². The number of ketones is 1. The van der Waals surface area contributed by atoms with Crippen molar-refractivity contribution in [1.82, 2.24) is 10.2 Å². The van der Waals surface area contributed by atoms with Crippen molar-refractivity contribution in [2.45, 2.75) is 18.8 Å². The summed E-state index contributed by atoms with van der Waals surface area (Å²) < 4.78 is 59.3. The van der Waals surface area contributed by atoms with Crippen LogP contribution in [0.5, 0.6) is 11.5 Å². The molecule has 0 bridgehead atoms. The molecule has 2 aromatic carbocycles. The van der Waals surface area contributed by atoms with Gasteiger partial charge in [-0.25, -0.2) is 9.18 Å². The van der Waals surface area contributed by atoms with Gasteiger partial charge in [-0.15, -0.1) is 13.2 Å². The van der Waals surface area contributed by atoms with Crippen molar-refractivity contribution in [3.05, 3.63) is 59.4 Å². The number of halogens is 4. The van der Waals surface area contributed by atoms with E-state index in [2.05, 4.69) is 10.1 Å². The van der Waals surface area contributed by atoms with E-state index < -0.39 is 47.7 Å². The Hall–Kier alpha value is -3.63. The molecule has 164 valence electrons. The van der Waals surface area contributed by atoms with Crippen LogP contribution in [0.15, 0.2) is 42.5 Å². The Bertz CT molecular complexity index is 1040. The molecule has 2 aromatic rings. The molecule has 1 N–H and O–H groups in total. The van der Waals surface area contributed by atoms with Gasteiger partial charge in [-0.2, -0.15) is 0 Å². The van der Waals surface area contributed by atoms with Gasteiger partial charge in [0.2, 0.25) is 0 Å². The monoisotopic (exact) mass is 440 g/mol. The lowest BCUT2D eigenvalue weighted by atomic mass is 9.92. The number of methoxy groups -OCH3 is 1. The van der Waals surface area contributed by atoms with E-state index >= 15 is 0 Å². The molecule has 11 heteroatoms. The number of hydrogen-bond donors (Lipinski definition) is 1. The summed E-state index contributed by atoms with van der Waals surface area (Å²) in [6.07, 6.45) is -4.87. The fourth-order valence-corrected chi connectivity index (χ4v) is 3.10. The van der Waals surface area contributed by atoms with E-state index in [1.165, 1.54) is 38.3 Å². The van der Waals surface area contributed by atoms with Crippen LogP contribution in [0.2, 0.25) is 0 Å². The number of carbonyl (C=O) groups is 3. The molecule has 7 nitrogen and oxygen atoms in total. The third-order valence-electron chi connectivity index (χ3n) is 4.72. The van der Waals surface area contributed by atoms with Crippen LogP contribution in [0.4, 0.5) is 22.4 Å². The fraction of sp³-hybridized carbons (Fsp3) is 0.250. The van der Waals surface area contributed by atoms with Crippen LogP contribution in [0.25, 0.3) is 0 Å². The molecule has 1 heterocycles. The van der Waals surface area contributed by atoms with E-state index in [1.807, 2.05) is 0 Å². The number of nitrogens with one attached hydrogen (secondary N) is 1. The quantitative estimate of drug-likeness (QED) is 0.423. The first-order valence-corrected chi connectivity index (χ1v) is 8.82. The summed E-state index contributed by atoms with van der Waals surface area (Å²) in [5, 5.41) is 2.43. The Balaban J connectivity index is 1.78. The van der Waals surface area contributed by atoms with Crippen molar-refractivity contribution in [1.29, 1.82) is 0 Å². The number of urea groups is 1. The van der Waals surface area contributed by atoms with Gasteiger partial charge in [-0.1, -0.05) is 12.1 Å². The van der Waals surface area contributed by atoms with Crippen molar-refractivity contribution in [3.8, 4) is 11.5 Å². The van der Waals surface area contributed by atoms with E-state index in [9.17, 15) is 31.9 Å². The maximum atomic E-state index is 13.8. The van der Waals surface area contributed by atoms with Crippen LogP contribution >= 0.6 is 0 Å². The number of ether oxygens (including phenoxy) is 2. The number of nitrogens with zero attached hydrogens (tertiary/aromatic N) is 1. The van der Waals surface area contributed by atoms with Crippen molar-refractivity contribution in [2.24, 2.45) is 0 Å². The normalized spacial score (nSPS) is 18.7. The molecule has 3 rings (SSSR count). The van der Waals surface area contributed by atoms with Crippen molar-refractivity contribution < 1.29 is 41.4 Å². The molecule has 1 saturated heterocycles. The number of hydrogen-bond acceptors (Lipinski definition) is 5. The number of benzene rings is 2. The van der Waals surface area contributed by atoms with E-state index in [0.717, 1.165) is 18.2 Å². The van der Waals surface area contributed by atoms with Gasteiger partial charge in [-0.3, -0.25) is 14.5 Å². The lowest BCUT2D eigenvalue weighted by molar-refractivity contribution is -0.274. The molecular weight excluding hydrogens is 424 g/mol. The Morgan fingerprint density at radius 2 is 1.77 bits per heavy atom. The molecular formula is C20H16F4N2O5. The van der Waals surface area contributed by atoms with E-state index in [-0.39, 0.29) is 16.9 Å². The first kappa shape index (κ1) is 22.1. The molecule has 3 amide bonds. The van der Waals surface area contributed by atoms with Gasteiger partial charge in [-0.05, 0) is 42.8 Å². The van der Waals surface area contributed by atoms with Crippen molar-refractivity contribution in [3.63, 3.8) is 0 Å². The predicted octanol–water partition coefficient (Wildman–Crippen LogP) is 3.38. The molecule has 0 aliphatic carbocycles. The SMILES string of the molecule is COc1ccc(C(=O)CN2C(=O)NC(C)(c3ccc(OC(F)(F)F)cc3)C2=O)cc1F. The molecule has 31 heavy (non-hydrogen) atoms. The number of alkyl halides is 3. The third kappa shape index (κ3) is 4.44. The molecule has 0 aromatic heterocycles. The second kappa shape index (κ2) is 7.89. The Morgan fingerprint density at radius 1 is 1.13 bits per heavy atom. The lowest BCUT2D eigenvalue weighted by Gasteiger charge is -2.22. The molecule has 0 radical (unpaired) electrons. The van der Waals surface area contributed by atoms with Gasteiger partial charge in [0.05, 0.1) is 13.7 Å². The van der Waals surface area contributed by atoms with Crippen LogP contribution in [0, 0.1) is 5.82 Å². The van der Waals surface area contributed by atoms with Gasteiger partial charge < -0.3 is 14.8 Å². The van der Waals surface area contributed by atoms with E-state index in [1.54, 1.807) is 0 Å². The van der Waals surface area contributed by atoms with Gasteiger partial charge in [0.15, 0.2) is 17.3 Å². The summed E-state index contributed by atoms with van der Waals surface area (Å²) >= 11 is 0. The highest BCUT2D eigenvalue weighted by atomic mass is 19.4. The maximum absolute atomic E-state index is 13.8. The maximum Gasteiger partial charge on any atom is 0.573 e. The molecule has 1 unspecified atom stereocenters. The summed E-state index contributed by atoms with van der Waals surface area (Å²) in [5.41, 5.74) is -1.49. The fourth-order valence-electron chi connectivity index (χ4n) is 3.10. The van der Waals surface area contributed by atoms with Crippen molar-refractivity contribution >= 4 is 17.7 Å². The smallest absolute Gasteiger partial charge is 0.494 e. The Morgan fingerprint density at radius 3 is 2.32 bits per heavy atom. The van der Waals surface area contributed by atoms with E-state index in [0.29, 0.717) is 4.90 Å². The topological polar surface area (TPSA) is 84.9 Å². The number of carbonyl (C=O) groups excluding carboxylic acids is 3. The zero-order valence-corrected chi connectivity index (χ0v) is 16.2. The summed E-state index contributed by atoms with van der Waals surface area (Å²) in [7, 11) is 1.26. The van der Waals surface area contributed by atoms with Crippen LogP contribution in [-0.2, 0) is 10.3 Å². The molecule has 0 spiro atoms. The molecule has 1 aliphatic heterocycles. The number of Topliss-reactive ketones (excluding diaryl/α,β-unsaturated/α-hetero) is 1. The molecule has 0 saturated carbocycles. The van der Waals surface area contributed by atoms with Gasteiger partial charge in [0, 0.05) is 5.56 Å². The van der Waals surface area contributed by atoms with Gasteiger partial charge in [0.1, 0.15) is 11.3 Å². The van der Waals surface area contributed by atoms with Crippen LogP contribution in [0.1, 0.15) is 22.8 Å². The van der Waals surface area contributed by atoms with Crippen LogP contribution in [0.3, 0.4) is 0 Å². The van der Waals surface area contributed by atoms with Crippen molar-refractivity contribution in [2.75, 3.05) is 13.7 Å². The average Bonchev–Trinajstić information content (AvgIpc) is 2.91. The highest BCUT2D eigenvalue weighted by Crippen LogP contribution is 2.31. The molecule has 1 fully saturated rings. The summed E-state index contributed by atoms with van der Waals surface area (Å²) in [6.45, 7) is 0.700. The third-order valence-corrected chi connectivity index (χ3v) is 4.72. The molecule has 1 atom stereocenters. The zero-order valence-electron chi connectivity index (χ0n) is 16.2. The van der Waals surface area contributed by atoms with E-state index in [4.69, 9.17) is 4.74 Å². The standard InChI is InChI=1S/C20H16F4N2O5/c1-19(12-4-6-13(7-5-12)31-20(22,23)24)17(28)26(18(29)25-19)10-15(27)11-3-8-16(30-2)14(21)9-11/h3-9H,10H2,1-2H3,(H,25,29). The second-order valence-corrected chi connectivity index (χ2v) is 6.79. The minimum atomic E-state index is -4.87. The van der Waals surface area contributed by atoms with Crippen LogP contribution in [-0.4, -0.2) is 42.6 Å². The minimum Gasteiger partial charge on any atom is -0.494 e. The zero-order chi connectivity index (χ0) is 23.0. The number of imide groups is 1. The lowest BCUT2D eigenvalue weighted by Crippen LogP contribution is -2.41. The van der Waals surface area contributed by atoms with Crippen LogP contribution < -0.4 is 14.8 Å². The Kier molecular flexibility index (Phi) is 5.62. The minimum absolute atomic E-state index is 0.0684. The van der Waals surface area contributed by atoms with Gasteiger partial charge in [0.25, 0.3) is 5.91 Å². The average molecular weight is 440 g/mol. The molecule has 1 aliphatic rings. The highest BCUT2D eigenvalue weighted by molar-refractivity contribution is 6.11. The summed E-state index contributed by atoms with van der Waals surface area (Å²) in [5.74, 6) is -2.83. The Labute approximate surface area is 173 Å². The first-order valence-electron chi connectivity index (χ1n) is 8.82. The first-order chi connectivity index (χ1) is 14.4. The predicted molar refractivity (Wildman–Crippen MR) is 98.0 cm³/mol. The summed E-state index contributed by atoms with van der Waals surface area (Å²) in [4.78, 5) is 38.3. The number of amides is 3.